The average Bonchev–Trinajstić information content (AvgIpc) is 2.98. The SMILES string of the molecule is Cc1cc(F)ccc1-c1ccccc1NC(=O)c1cn(C)nc1C(F)F. The Morgan fingerprint density at radius 1 is 1.15 bits per heavy atom. The van der Waals surface area contributed by atoms with E-state index in [-0.39, 0.29) is 11.4 Å². The number of hydrogen-bond donors (Lipinski definition) is 1. The summed E-state index contributed by atoms with van der Waals surface area (Å²) in [5.74, 6) is -1.04. The summed E-state index contributed by atoms with van der Waals surface area (Å²) < 4.78 is 40.7. The van der Waals surface area contributed by atoms with Crippen LogP contribution in [0.2, 0.25) is 0 Å². The van der Waals surface area contributed by atoms with Crippen LogP contribution in [0.4, 0.5) is 18.9 Å². The highest BCUT2D eigenvalue weighted by atomic mass is 19.3. The summed E-state index contributed by atoms with van der Waals surface area (Å²) in [6, 6.07) is 11.3. The van der Waals surface area contributed by atoms with Gasteiger partial charge in [-0.25, -0.2) is 13.2 Å². The number of amides is 1. The molecule has 0 bridgehead atoms. The Labute approximate surface area is 148 Å². The molecule has 3 aromatic rings. The number of alkyl halides is 2. The van der Waals surface area contributed by atoms with Gasteiger partial charge >= 0.3 is 0 Å². The predicted octanol–water partition coefficient (Wildman–Crippen LogP) is 4.72. The number of aromatic nitrogens is 2. The third kappa shape index (κ3) is 3.46. The summed E-state index contributed by atoms with van der Waals surface area (Å²) in [4.78, 5) is 12.5. The monoisotopic (exact) mass is 359 g/mol. The summed E-state index contributed by atoms with van der Waals surface area (Å²) in [5.41, 5.74) is 1.79. The minimum Gasteiger partial charge on any atom is -0.321 e. The molecule has 1 aromatic heterocycles. The highest BCUT2D eigenvalue weighted by molar-refractivity contribution is 6.07. The fourth-order valence-corrected chi connectivity index (χ4v) is 2.79. The number of aryl methyl sites for hydroxylation is 2. The van der Waals surface area contributed by atoms with Crippen molar-refractivity contribution in [1.82, 2.24) is 9.78 Å². The minimum atomic E-state index is -2.86. The molecule has 0 aliphatic heterocycles. The van der Waals surface area contributed by atoms with Gasteiger partial charge in [0, 0.05) is 24.5 Å². The highest BCUT2D eigenvalue weighted by Crippen LogP contribution is 2.31. The van der Waals surface area contributed by atoms with Crippen LogP contribution in [0, 0.1) is 12.7 Å². The molecule has 1 amide bonds. The van der Waals surface area contributed by atoms with Crippen molar-refractivity contribution in [3.63, 3.8) is 0 Å². The molecule has 0 atom stereocenters. The topological polar surface area (TPSA) is 46.9 Å². The zero-order valence-electron chi connectivity index (χ0n) is 14.1. The highest BCUT2D eigenvalue weighted by Gasteiger charge is 2.23. The van der Waals surface area contributed by atoms with Crippen LogP contribution in [0.1, 0.15) is 28.0 Å². The number of carbonyl (C=O) groups is 1. The van der Waals surface area contributed by atoms with E-state index in [1.807, 2.05) is 0 Å². The minimum absolute atomic E-state index is 0.187. The van der Waals surface area contributed by atoms with Crippen molar-refractivity contribution in [2.45, 2.75) is 13.3 Å². The van der Waals surface area contributed by atoms with E-state index in [0.29, 0.717) is 16.8 Å². The molecule has 0 radical (unpaired) electrons. The molecule has 134 valence electrons. The van der Waals surface area contributed by atoms with Crippen molar-refractivity contribution in [3.8, 4) is 11.1 Å². The van der Waals surface area contributed by atoms with E-state index in [1.54, 1.807) is 37.3 Å². The van der Waals surface area contributed by atoms with Crippen LogP contribution < -0.4 is 5.32 Å². The summed E-state index contributed by atoms with van der Waals surface area (Å²) >= 11 is 0. The molecule has 0 aliphatic rings. The second kappa shape index (κ2) is 7.03. The fourth-order valence-electron chi connectivity index (χ4n) is 2.79. The Morgan fingerprint density at radius 2 is 1.88 bits per heavy atom. The average molecular weight is 359 g/mol. The van der Waals surface area contributed by atoms with Gasteiger partial charge in [0.25, 0.3) is 12.3 Å². The lowest BCUT2D eigenvalue weighted by Gasteiger charge is -2.13. The molecule has 0 saturated heterocycles. The molecule has 1 heterocycles. The van der Waals surface area contributed by atoms with Gasteiger partial charge in [0.2, 0.25) is 0 Å². The number of benzene rings is 2. The summed E-state index contributed by atoms with van der Waals surface area (Å²) in [6.45, 7) is 1.76. The smallest absolute Gasteiger partial charge is 0.282 e. The molecule has 0 unspecified atom stereocenters. The van der Waals surface area contributed by atoms with Crippen molar-refractivity contribution < 1.29 is 18.0 Å². The van der Waals surface area contributed by atoms with Gasteiger partial charge < -0.3 is 5.32 Å². The van der Waals surface area contributed by atoms with Crippen molar-refractivity contribution in [2.75, 3.05) is 5.32 Å². The van der Waals surface area contributed by atoms with Crippen LogP contribution in [0.15, 0.2) is 48.7 Å². The number of para-hydroxylation sites is 1. The number of anilines is 1. The maximum Gasteiger partial charge on any atom is 0.282 e. The van der Waals surface area contributed by atoms with Crippen LogP contribution in [0.3, 0.4) is 0 Å². The number of carbonyl (C=O) groups excluding carboxylic acids is 1. The molecule has 0 spiro atoms. The molecule has 0 fully saturated rings. The maximum absolute atomic E-state index is 13.4. The fraction of sp³-hybridized carbons (Fsp3) is 0.158. The third-order valence-electron chi connectivity index (χ3n) is 3.96. The molecule has 7 heteroatoms. The Balaban J connectivity index is 1.98. The van der Waals surface area contributed by atoms with Gasteiger partial charge in [0.15, 0.2) is 0 Å². The molecule has 0 saturated carbocycles. The molecular formula is C19H16F3N3O. The van der Waals surface area contributed by atoms with E-state index >= 15 is 0 Å². The number of hydrogen-bond acceptors (Lipinski definition) is 2. The summed E-state index contributed by atoms with van der Waals surface area (Å²) in [5, 5.41) is 6.30. The lowest BCUT2D eigenvalue weighted by atomic mass is 9.98. The standard InChI is InChI=1S/C19H16F3N3O/c1-11-9-12(20)7-8-13(11)14-5-3-4-6-16(14)23-19(26)15-10-25(2)24-17(15)18(21)22/h3-10,18H,1-2H3,(H,23,26). The van der Waals surface area contributed by atoms with E-state index in [0.717, 1.165) is 5.56 Å². The van der Waals surface area contributed by atoms with Crippen LogP contribution in [0.5, 0.6) is 0 Å². The zero-order chi connectivity index (χ0) is 18.8. The third-order valence-corrected chi connectivity index (χ3v) is 3.96. The largest absolute Gasteiger partial charge is 0.321 e. The quantitative estimate of drug-likeness (QED) is 0.732. The Hall–Kier alpha value is -3.09. The van der Waals surface area contributed by atoms with E-state index in [4.69, 9.17) is 0 Å². The lowest BCUT2D eigenvalue weighted by Crippen LogP contribution is -2.14. The molecule has 2 aromatic carbocycles. The van der Waals surface area contributed by atoms with Gasteiger partial charge in [-0.15, -0.1) is 0 Å². The maximum atomic E-state index is 13.4. The number of halogens is 3. The Kier molecular flexibility index (Phi) is 4.79. The Morgan fingerprint density at radius 3 is 2.58 bits per heavy atom. The van der Waals surface area contributed by atoms with Crippen molar-refractivity contribution in [2.24, 2.45) is 7.05 Å². The predicted molar refractivity (Wildman–Crippen MR) is 92.7 cm³/mol. The molecule has 4 nitrogen and oxygen atoms in total. The lowest BCUT2D eigenvalue weighted by molar-refractivity contribution is 0.101. The van der Waals surface area contributed by atoms with Crippen molar-refractivity contribution >= 4 is 11.6 Å². The van der Waals surface area contributed by atoms with E-state index in [9.17, 15) is 18.0 Å². The summed E-state index contributed by atoms with van der Waals surface area (Å²) in [7, 11) is 1.47. The first kappa shape index (κ1) is 17.7. The summed E-state index contributed by atoms with van der Waals surface area (Å²) in [6.07, 6.45) is -1.60. The molecule has 3 rings (SSSR count). The van der Waals surface area contributed by atoms with E-state index in [2.05, 4.69) is 10.4 Å². The van der Waals surface area contributed by atoms with E-state index in [1.165, 1.54) is 30.1 Å². The van der Waals surface area contributed by atoms with Crippen LogP contribution in [0.25, 0.3) is 11.1 Å². The normalized spacial score (nSPS) is 11.0. The van der Waals surface area contributed by atoms with Crippen LogP contribution in [-0.4, -0.2) is 15.7 Å². The van der Waals surface area contributed by atoms with Gasteiger partial charge in [0.1, 0.15) is 11.5 Å². The van der Waals surface area contributed by atoms with Crippen molar-refractivity contribution in [1.29, 1.82) is 0 Å². The van der Waals surface area contributed by atoms with Gasteiger partial charge in [0.05, 0.1) is 5.56 Å². The zero-order valence-corrected chi connectivity index (χ0v) is 14.1. The van der Waals surface area contributed by atoms with Crippen molar-refractivity contribution in [3.05, 3.63) is 71.3 Å². The van der Waals surface area contributed by atoms with Gasteiger partial charge in [-0.2, -0.15) is 5.10 Å². The van der Waals surface area contributed by atoms with Gasteiger partial charge in [-0.1, -0.05) is 24.3 Å². The van der Waals surface area contributed by atoms with Crippen LogP contribution in [-0.2, 0) is 7.05 Å². The number of nitrogens with one attached hydrogen (secondary N) is 1. The number of nitrogens with zero attached hydrogens (tertiary/aromatic N) is 2. The first-order valence-electron chi connectivity index (χ1n) is 7.85. The molecule has 1 N–H and O–H groups in total. The Bertz CT molecular complexity index is 966. The van der Waals surface area contributed by atoms with Gasteiger partial charge in [-0.05, 0) is 36.2 Å². The first-order chi connectivity index (χ1) is 12.4. The molecule has 26 heavy (non-hydrogen) atoms. The molecular weight excluding hydrogens is 343 g/mol. The first-order valence-corrected chi connectivity index (χ1v) is 7.85. The van der Waals surface area contributed by atoms with E-state index < -0.39 is 18.0 Å². The molecule has 0 aliphatic carbocycles. The second-order valence-electron chi connectivity index (χ2n) is 5.86. The number of rotatable bonds is 4. The van der Waals surface area contributed by atoms with Crippen LogP contribution >= 0.6 is 0 Å². The van der Waals surface area contributed by atoms with Gasteiger partial charge in [-0.3, -0.25) is 9.48 Å². The second-order valence-corrected chi connectivity index (χ2v) is 5.86.